The van der Waals surface area contributed by atoms with Crippen LogP contribution in [-0.4, -0.2) is 5.24 Å². The van der Waals surface area contributed by atoms with Crippen molar-refractivity contribution in [1.82, 2.24) is 0 Å². The van der Waals surface area contributed by atoms with E-state index in [1.807, 2.05) is 0 Å². The van der Waals surface area contributed by atoms with Crippen LogP contribution in [0.4, 0.5) is 0 Å². The maximum absolute atomic E-state index is 9.52. The highest BCUT2D eigenvalue weighted by molar-refractivity contribution is 6.63. The first-order valence-corrected chi connectivity index (χ1v) is 1.62. The van der Waals surface area contributed by atoms with Gasteiger partial charge in [-0.15, -0.1) is 0 Å². The zero-order valence-corrected chi connectivity index (χ0v) is 3.46. The molecule has 0 aliphatic rings. The molecule has 0 unspecified atom stereocenters. The van der Waals surface area contributed by atoms with E-state index in [-0.39, 0.29) is 11.7 Å². The minimum Gasteiger partial charge on any atom is -0.281 e. The van der Waals surface area contributed by atoms with Crippen molar-refractivity contribution in [2.75, 3.05) is 0 Å². The maximum Gasteiger partial charge on any atom is 0.221 e. The standard InChI is InChI=1S/C3H4ClO/c1-2-3(4)5/h1-2H2. The first-order valence-electron chi connectivity index (χ1n) is 1.25. The summed E-state index contributed by atoms with van der Waals surface area (Å²) in [6.45, 7) is 3.20. The Morgan fingerprint density at radius 3 is 2.20 bits per heavy atom. The molecule has 0 rings (SSSR count). The smallest absolute Gasteiger partial charge is 0.221 e. The molecular weight excluding hydrogens is 87.5 g/mol. The van der Waals surface area contributed by atoms with Crippen molar-refractivity contribution in [3.05, 3.63) is 6.92 Å². The third kappa shape index (κ3) is 3.96. The summed E-state index contributed by atoms with van der Waals surface area (Å²) in [4.78, 5) is 9.52. The minimum atomic E-state index is -0.384. The van der Waals surface area contributed by atoms with E-state index in [9.17, 15) is 4.79 Å². The first kappa shape index (κ1) is 4.96. The van der Waals surface area contributed by atoms with Gasteiger partial charge in [0.05, 0.1) is 0 Å². The lowest BCUT2D eigenvalue weighted by atomic mass is 10.6. The fourth-order valence-corrected chi connectivity index (χ4v) is 0. The monoisotopic (exact) mass is 91.0 g/mol. The number of hydrogen-bond acceptors (Lipinski definition) is 1. The van der Waals surface area contributed by atoms with Gasteiger partial charge in [0.2, 0.25) is 5.24 Å². The molecule has 0 heterocycles. The van der Waals surface area contributed by atoms with Gasteiger partial charge in [0.1, 0.15) is 0 Å². The van der Waals surface area contributed by atoms with E-state index in [0.717, 1.165) is 0 Å². The van der Waals surface area contributed by atoms with Crippen molar-refractivity contribution in [3.8, 4) is 0 Å². The Morgan fingerprint density at radius 1 is 2.00 bits per heavy atom. The van der Waals surface area contributed by atoms with Crippen LogP contribution in [0.3, 0.4) is 0 Å². The van der Waals surface area contributed by atoms with Crippen LogP contribution < -0.4 is 0 Å². The van der Waals surface area contributed by atoms with Crippen molar-refractivity contribution >= 4 is 16.8 Å². The van der Waals surface area contributed by atoms with Crippen molar-refractivity contribution in [2.45, 2.75) is 6.42 Å². The van der Waals surface area contributed by atoms with Crippen LogP contribution in [0.1, 0.15) is 6.42 Å². The van der Waals surface area contributed by atoms with Gasteiger partial charge in [-0.25, -0.2) is 0 Å². The first-order chi connectivity index (χ1) is 2.27. The zero-order chi connectivity index (χ0) is 4.28. The predicted octanol–water partition coefficient (Wildman–Crippen LogP) is 0.976. The van der Waals surface area contributed by atoms with E-state index < -0.39 is 0 Å². The van der Waals surface area contributed by atoms with Crippen LogP contribution in [0.25, 0.3) is 0 Å². The average molecular weight is 91.5 g/mol. The number of carbonyl (C=O) groups is 1. The van der Waals surface area contributed by atoms with Gasteiger partial charge in [-0.05, 0) is 18.5 Å². The molecule has 29 valence electrons. The molecule has 0 atom stereocenters. The molecule has 5 heavy (non-hydrogen) atoms. The van der Waals surface area contributed by atoms with Crippen molar-refractivity contribution < 1.29 is 4.79 Å². The highest BCUT2D eigenvalue weighted by Crippen LogP contribution is 1.80. The minimum absolute atomic E-state index is 0.182. The molecule has 0 aliphatic heterocycles. The Morgan fingerprint density at radius 2 is 2.20 bits per heavy atom. The van der Waals surface area contributed by atoms with Crippen molar-refractivity contribution in [2.24, 2.45) is 0 Å². The van der Waals surface area contributed by atoms with Crippen LogP contribution in [0.15, 0.2) is 0 Å². The third-order valence-electron chi connectivity index (χ3n) is 0.197. The largest absolute Gasteiger partial charge is 0.281 e. The van der Waals surface area contributed by atoms with Gasteiger partial charge >= 0.3 is 0 Å². The molecule has 0 spiro atoms. The molecule has 0 amide bonds. The fourth-order valence-electron chi connectivity index (χ4n) is 0. The van der Waals surface area contributed by atoms with E-state index in [4.69, 9.17) is 11.6 Å². The van der Waals surface area contributed by atoms with E-state index >= 15 is 0 Å². The van der Waals surface area contributed by atoms with E-state index in [0.29, 0.717) is 0 Å². The summed E-state index contributed by atoms with van der Waals surface area (Å²) in [6.07, 6.45) is 0.182. The van der Waals surface area contributed by atoms with E-state index in [2.05, 4.69) is 6.92 Å². The van der Waals surface area contributed by atoms with Gasteiger partial charge in [-0.1, -0.05) is 0 Å². The highest BCUT2D eigenvalue weighted by atomic mass is 35.5. The molecule has 0 N–H and O–H groups in total. The summed E-state index contributed by atoms with van der Waals surface area (Å²) in [5.41, 5.74) is 0. The molecule has 0 aromatic rings. The number of halogens is 1. The van der Waals surface area contributed by atoms with Crippen LogP contribution in [0.2, 0.25) is 0 Å². The third-order valence-corrected chi connectivity index (χ3v) is 0.386. The predicted molar refractivity (Wildman–Crippen MR) is 20.8 cm³/mol. The van der Waals surface area contributed by atoms with Crippen LogP contribution in [0, 0.1) is 6.92 Å². The second-order valence-corrected chi connectivity index (χ2v) is 1.03. The highest BCUT2D eigenvalue weighted by Gasteiger charge is 1.81. The molecule has 0 aliphatic carbocycles. The lowest BCUT2D eigenvalue weighted by Crippen LogP contribution is -1.75. The summed E-state index contributed by atoms with van der Waals surface area (Å²) in [6, 6.07) is 0. The summed E-state index contributed by atoms with van der Waals surface area (Å²) in [5.74, 6) is 0. The van der Waals surface area contributed by atoms with Crippen LogP contribution >= 0.6 is 11.6 Å². The SMILES string of the molecule is [CH2]CC(=O)Cl. The molecule has 1 nitrogen and oxygen atoms in total. The summed E-state index contributed by atoms with van der Waals surface area (Å²) >= 11 is 4.76. The molecule has 0 saturated carbocycles. The second-order valence-electron chi connectivity index (χ2n) is 0.605. The molecule has 1 radical (unpaired) electrons. The Hall–Kier alpha value is -0.0400. The number of hydrogen-bond donors (Lipinski definition) is 0. The van der Waals surface area contributed by atoms with Crippen molar-refractivity contribution in [3.63, 3.8) is 0 Å². The average Bonchev–Trinajstić information content (AvgIpc) is 1.38. The second kappa shape index (κ2) is 2.21. The normalized spacial score (nSPS) is 7.60. The van der Waals surface area contributed by atoms with E-state index in [1.165, 1.54) is 0 Å². The molecule has 0 fully saturated rings. The quantitative estimate of drug-likeness (QED) is 0.440. The molecule has 0 saturated heterocycles. The van der Waals surface area contributed by atoms with Gasteiger partial charge in [-0.2, -0.15) is 0 Å². The van der Waals surface area contributed by atoms with Crippen LogP contribution in [0.5, 0.6) is 0 Å². The lowest BCUT2D eigenvalue weighted by Gasteiger charge is -1.67. The molecule has 0 bridgehead atoms. The van der Waals surface area contributed by atoms with Crippen LogP contribution in [-0.2, 0) is 4.79 Å². The molecular formula is C3H4ClO. The molecule has 0 aromatic carbocycles. The Labute approximate surface area is 35.9 Å². The Kier molecular flexibility index (Phi) is 2.19. The fraction of sp³-hybridized carbons (Fsp3) is 0.333. The van der Waals surface area contributed by atoms with Crippen molar-refractivity contribution in [1.29, 1.82) is 0 Å². The summed E-state index contributed by atoms with van der Waals surface area (Å²) in [7, 11) is 0. The topological polar surface area (TPSA) is 17.1 Å². The van der Waals surface area contributed by atoms with Gasteiger partial charge in [-0.3, -0.25) is 4.79 Å². The van der Waals surface area contributed by atoms with Gasteiger partial charge < -0.3 is 0 Å². The molecule has 0 aromatic heterocycles. The lowest BCUT2D eigenvalue weighted by molar-refractivity contribution is -0.111. The van der Waals surface area contributed by atoms with Gasteiger partial charge in [0.15, 0.2) is 0 Å². The number of rotatable bonds is 1. The number of carbonyl (C=O) groups excluding carboxylic acids is 1. The molecule has 2 heteroatoms. The van der Waals surface area contributed by atoms with Gasteiger partial charge in [0.25, 0.3) is 0 Å². The summed E-state index contributed by atoms with van der Waals surface area (Å²) < 4.78 is 0. The maximum atomic E-state index is 9.52. The van der Waals surface area contributed by atoms with Gasteiger partial charge in [0, 0.05) is 6.42 Å². The van der Waals surface area contributed by atoms with E-state index in [1.54, 1.807) is 0 Å². The zero-order valence-electron chi connectivity index (χ0n) is 2.70. The Bertz CT molecular complexity index is 42.2. The summed E-state index contributed by atoms with van der Waals surface area (Å²) in [5, 5.41) is -0.384. The Balaban J connectivity index is 2.85.